The predicted molar refractivity (Wildman–Crippen MR) is 97.7 cm³/mol. The average Bonchev–Trinajstić information content (AvgIpc) is 3.24. The van der Waals surface area contributed by atoms with Crippen LogP contribution in [0.5, 0.6) is 0 Å². The first-order chi connectivity index (χ1) is 11.1. The SMILES string of the molecule is Cc1cnc(C(C)CN=C(N)N2CCN(c3nccs3)CC2)s1. The number of hydrogen-bond donors (Lipinski definition) is 1. The van der Waals surface area contributed by atoms with Gasteiger partial charge in [0.1, 0.15) is 0 Å². The van der Waals surface area contributed by atoms with Crippen LogP contribution in [0.3, 0.4) is 0 Å². The van der Waals surface area contributed by atoms with E-state index in [4.69, 9.17) is 5.73 Å². The molecule has 1 saturated heterocycles. The zero-order valence-electron chi connectivity index (χ0n) is 13.5. The lowest BCUT2D eigenvalue weighted by atomic mass is 10.2. The van der Waals surface area contributed by atoms with Crippen LogP contribution in [0, 0.1) is 6.92 Å². The van der Waals surface area contributed by atoms with Gasteiger partial charge in [-0.15, -0.1) is 22.7 Å². The maximum atomic E-state index is 6.17. The van der Waals surface area contributed by atoms with Gasteiger partial charge in [0, 0.05) is 54.7 Å². The third-order valence-corrected chi connectivity index (χ3v) is 5.86. The van der Waals surface area contributed by atoms with Crippen molar-refractivity contribution in [1.29, 1.82) is 0 Å². The summed E-state index contributed by atoms with van der Waals surface area (Å²) in [6, 6.07) is 0. The van der Waals surface area contributed by atoms with Crippen LogP contribution in [0.25, 0.3) is 0 Å². The molecule has 0 bridgehead atoms. The molecular weight excluding hydrogens is 328 g/mol. The van der Waals surface area contributed by atoms with Crippen molar-refractivity contribution in [2.45, 2.75) is 19.8 Å². The minimum Gasteiger partial charge on any atom is -0.370 e. The highest BCUT2D eigenvalue weighted by molar-refractivity contribution is 7.13. The molecular formula is C15H22N6S2. The number of piperazine rings is 1. The van der Waals surface area contributed by atoms with Gasteiger partial charge in [-0.25, -0.2) is 9.97 Å². The Kier molecular flexibility index (Phi) is 5.12. The van der Waals surface area contributed by atoms with Crippen LogP contribution in [-0.4, -0.2) is 53.6 Å². The Bertz CT molecular complexity index is 643. The first-order valence-electron chi connectivity index (χ1n) is 7.75. The fourth-order valence-corrected chi connectivity index (χ4v) is 4.02. The summed E-state index contributed by atoms with van der Waals surface area (Å²) in [4.78, 5) is 19.1. The van der Waals surface area contributed by atoms with Crippen LogP contribution < -0.4 is 10.6 Å². The molecule has 0 spiro atoms. The van der Waals surface area contributed by atoms with E-state index in [1.165, 1.54) is 4.88 Å². The largest absolute Gasteiger partial charge is 0.370 e. The molecule has 3 rings (SSSR count). The minimum atomic E-state index is 0.309. The number of aliphatic imine (C=N–C) groups is 1. The van der Waals surface area contributed by atoms with Crippen molar-refractivity contribution < 1.29 is 0 Å². The highest BCUT2D eigenvalue weighted by Crippen LogP contribution is 2.21. The molecule has 3 heterocycles. The summed E-state index contributed by atoms with van der Waals surface area (Å²) in [5.41, 5.74) is 6.17. The monoisotopic (exact) mass is 350 g/mol. The number of aromatic nitrogens is 2. The van der Waals surface area contributed by atoms with Crippen LogP contribution in [0.2, 0.25) is 0 Å². The molecule has 6 nitrogen and oxygen atoms in total. The van der Waals surface area contributed by atoms with Gasteiger partial charge in [-0.2, -0.15) is 0 Å². The topological polar surface area (TPSA) is 70.6 Å². The van der Waals surface area contributed by atoms with E-state index in [2.05, 4.69) is 38.6 Å². The minimum absolute atomic E-state index is 0.309. The average molecular weight is 351 g/mol. The molecule has 1 atom stereocenters. The number of rotatable bonds is 4. The van der Waals surface area contributed by atoms with E-state index in [1.54, 1.807) is 22.7 Å². The lowest BCUT2D eigenvalue weighted by molar-refractivity contribution is 0.380. The van der Waals surface area contributed by atoms with Gasteiger partial charge < -0.3 is 15.5 Å². The van der Waals surface area contributed by atoms with Crippen LogP contribution in [0.1, 0.15) is 22.7 Å². The van der Waals surface area contributed by atoms with E-state index in [0.717, 1.165) is 36.3 Å². The second kappa shape index (κ2) is 7.27. The predicted octanol–water partition coefficient (Wildman–Crippen LogP) is 2.15. The molecule has 0 amide bonds. The van der Waals surface area contributed by atoms with Crippen molar-refractivity contribution >= 4 is 33.8 Å². The smallest absolute Gasteiger partial charge is 0.191 e. The summed E-state index contributed by atoms with van der Waals surface area (Å²) in [7, 11) is 0. The van der Waals surface area contributed by atoms with Crippen LogP contribution >= 0.6 is 22.7 Å². The molecule has 124 valence electrons. The van der Waals surface area contributed by atoms with Crippen LogP contribution in [0.15, 0.2) is 22.8 Å². The number of aryl methyl sites for hydroxylation is 1. The molecule has 1 aliphatic rings. The third-order valence-electron chi connectivity index (χ3n) is 3.88. The fraction of sp³-hybridized carbons (Fsp3) is 0.533. The normalized spacial score (nSPS) is 17.6. The van der Waals surface area contributed by atoms with Gasteiger partial charge in [0.25, 0.3) is 0 Å². The van der Waals surface area contributed by atoms with E-state index in [9.17, 15) is 0 Å². The molecule has 0 radical (unpaired) electrons. The van der Waals surface area contributed by atoms with Crippen molar-refractivity contribution in [2.24, 2.45) is 10.7 Å². The summed E-state index contributed by atoms with van der Waals surface area (Å²) in [5, 5.41) is 4.24. The number of thiazole rings is 2. The Morgan fingerprint density at radius 2 is 2.13 bits per heavy atom. The van der Waals surface area contributed by atoms with E-state index < -0.39 is 0 Å². The van der Waals surface area contributed by atoms with E-state index in [0.29, 0.717) is 18.4 Å². The summed E-state index contributed by atoms with van der Waals surface area (Å²) in [6.45, 7) is 8.56. The van der Waals surface area contributed by atoms with Gasteiger partial charge in [-0.1, -0.05) is 6.92 Å². The number of nitrogens with two attached hydrogens (primary N) is 1. The molecule has 1 unspecified atom stereocenters. The summed E-state index contributed by atoms with van der Waals surface area (Å²) in [5.74, 6) is 0.952. The van der Waals surface area contributed by atoms with Gasteiger partial charge in [0.2, 0.25) is 0 Å². The molecule has 0 saturated carbocycles. The Labute approximate surface area is 144 Å². The van der Waals surface area contributed by atoms with E-state index in [1.807, 2.05) is 17.8 Å². The molecule has 1 aliphatic heterocycles. The van der Waals surface area contributed by atoms with Crippen molar-refractivity contribution in [3.63, 3.8) is 0 Å². The molecule has 1 fully saturated rings. The molecule has 0 aromatic carbocycles. The summed E-state index contributed by atoms with van der Waals surface area (Å²) >= 11 is 3.42. The third kappa shape index (κ3) is 4.00. The first-order valence-corrected chi connectivity index (χ1v) is 9.44. The van der Waals surface area contributed by atoms with Crippen molar-refractivity contribution in [1.82, 2.24) is 14.9 Å². The van der Waals surface area contributed by atoms with Crippen molar-refractivity contribution in [3.8, 4) is 0 Å². The van der Waals surface area contributed by atoms with Gasteiger partial charge in [0.05, 0.1) is 11.6 Å². The summed E-state index contributed by atoms with van der Waals surface area (Å²) in [6.07, 6.45) is 3.77. The molecule has 0 aliphatic carbocycles. The fourth-order valence-electron chi connectivity index (χ4n) is 2.51. The van der Waals surface area contributed by atoms with Gasteiger partial charge in [-0.3, -0.25) is 4.99 Å². The lowest BCUT2D eigenvalue weighted by Gasteiger charge is -2.35. The van der Waals surface area contributed by atoms with Gasteiger partial charge in [-0.05, 0) is 6.92 Å². The quantitative estimate of drug-likeness (QED) is 0.676. The van der Waals surface area contributed by atoms with Crippen molar-refractivity contribution in [3.05, 3.63) is 27.7 Å². The van der Waals surface area contributed by atoms with Crippen LogP contribution in [0.4, 0.5) is 5.13 Å². The van der Waals surface area contributed by atoms with Gasteiger partial charge in [0.15, 0.2) is 11.1 Å². The second-order valence-corrected chi connectivity index (χ2v) is 7.84. The Morgan fingerprint density at radius 1 is 1.35 bits per heavy atom. The molecule has 23 heavy (non-hydrogen) atoms. The standard InChI is InChI=1S/C15H22N6S2/c1-11(13-18-10-12(2)23-13)9-19-14(16)20-4-6-21(7-5-20)15-17-3-8-22-15/h3,8,10-11H,4-7,9H2,1-2H3,(H2,16,19). The zero-order valence-corrected chi connectivity index (χ0v) is 15.1. The second-order valence-electron chi connectivity index (χ2n) is 5.70. The maximum absolute atomic E-state index is 6.17. The maximum Gasteiger partial charge on any atom is 0.191 e. The first kappa shape index (κ1) is 16.2. The highest BCUT2D eigenvalue weighted by atomic mass is 32.1. The number of hydrogen-bond acceptors (Lipinski definition) is 6. The van der Waals surface area contributed by atoms with Gasteiger partial charge >= 0.3 is 0 Å². The number of nitrogens with zero attached hydrogens (tertiary/aromatic N) is 5. The highest BCUT2D eigenvalue weighted by Gasteiger charge is 2.20. The van der Waals surface area contributed by atoms with E-state index in [-0.39, 0.29) is 0 Å². The van der Waals surface area contributed by atoms with E-state index >= 15 is 0 Å². The number of guanidine groups is 1. The molecule has 8 heteroatoms. The molecule has 2 N–H and O–H groups in total. The number of anilines is 1. The Morgan fingerprint density at radius 3 is 2.74 bits per heavy atom. The zero-order chi connectivity index (χ0) is 16.2. The Hall–Kier alpha value is -1.67. The van der Waals surface area contributed by atoms with Crippen molar-refractivity contribution in [2.75, 3.05) is 37.6 Å². The Balaban J connectivity index is 1.51. The molecule has 2 aromatic heterocycles. The summed E-state index contributed by atoms with van der Waals surface area (Å²) < 4.78 is 0. The lowest BCUT2D eigenvalue weighted by Crippen LogP contribution is -2.51. The molecule has 2 aromatic rings. The van der Waals surface area contributed by atoms with Crippen LogP contribution in [-0.2, 0) is 0 Å².